The van der Waals surface area contributed by atoms with Gasteiger partial charge in [-0.2, -0.15) is 0 Å². The molecule has 0 aliphatic rings. The molecular formula is C15H31FN2O. The van der Waals surface area contributed by atoms with Crippen LogP contribution in [0.15, 0.2) is 0 Å². The van der Waals surface area contributed by atoms with Crippen molar-refractivity contribution in [1.82, 2.24) is 5.32 Å². The fourth-order valence-electron chi connectivity index (χ4n) is 2.20. The minimum atomic E-state index is -1.44. The molecule has 19 heavy (non-hydrogen) atoms. The molecular weight excluding hydrogens is 243 g/mol. The van der Waals surface area contributed by atoms with Gasteiger partial charge in [0.2, 0.25) is 0 Å². The van der Waals surface area contributed by atoms with Gasteiger partial charge in [0, 0.05) is 6.54 Å². The van der Waals surface area contributed by atoms with Crippen LogP contribution in [-0.2, 0) is 0 Å². The summed E-state index contributed by atoms with van der Waals surface area (Å²) < 4.78 is 12.1. The van der Waals surface area contributed by atoms with Crippen molar-refractivity contribution in [3.63, 3.8) is 0 Å². The van der Waals surface area contributed by atoms with E-state index in [-0.39, 0.29) is 10.8 Å². The Hall–Kier alpha value is -0.640. The van der Waals surface area contributed by atoms with Crippen molar-refractivity contribution in [2.24, 2.45) is 22.5 Å². The first-order valence-electron chi connectivity index (χ1n) is 7.24. The summed E-state index contributed by atoms with van der Waals surface area (Å²) in [5.41, 5.74) is 6.10. The van der Waals surface area contributed by atoms with Crippen LogP contribution in [-0.4, -0.2) is 19.3 Å². The first-order chi connectivity index (χ1) is 8.60. The minimum Gasteiger partial charge on any atom is -0.330 e. The maximum Gasteiger partial charge on any atom is 0.397 e. The van der Waals surface area contributed by atoms with Gasteiger partial charge in [-0.3, -0.25) is 0 Å². The Bertz CT molecular complexity index is 277. The van der Waals surface area contributed by atoms with Crippen LogP contribution in [0.1, 0.15) is 60.3 Å². The number of hydrogen-bond acceptors (Lipinski definition) is 2. The normalized spacial score (nSPS) is 14.3. The molecule has 0 aliphatic heterocycles. The molecule has 1 amide bonds. The van der Waals surface area contributed by atoms with Gasteiger partial charge in [0.05, 0.1) is 0 Å². The number of carbonyl (C=O) groups excluding carboxylic acids is 1. The molecule has 0 aliphatic carbocycles. The van der Waals surface area contributed by atoms with Crippen molar-refractivity contribution < 1.29 is 9.18 Å². The van der Waals surface area contributed by atoms with Gasteiger partial charge in [-0.05, 0) is 49.0 Å². The summed E-state index contributed by atoms with van der Waals surface area (Å²) in [5, 5.41) is 2.22. The van der Waals surface area contributed by atoms with Crippen LogP contribution in [0.4, 0.5) is 9.18 Å². The monoisotopic (exact) mass is 274 g/mol. The highest BCUT2D eigenvalue weighted by atomic mass is 19.1. The van der Waals surface area contributed by atoms with E-state index < -0.39 is 6.16 Å². The third-order valence-corrected chi connectivity index (χ3v) is 4.44. The van der Waals surface area contributed by atoms with Crippen molar-refractivity contribution in [3.8, 4) is 0 Å². The topological polar surface area (TPSA) is 55.1 Å². The van der Waals surface area contributed by atoms with Crippen LogP contribution in [0.2, 0.25) is 0 Å². The molecule has 0 spiro atoms. The van der Waals surface area contributed by atoms with E-state index in [1.807, 2.05) is 0 Å². The quantitative estimate of drug-likeness (QED) is 0.495. The predicted molar refractivity (Wildman–Crippen MR) is 78.8 cm³/mol. The first-order valence-corrected chi connectivity index (χ1v) is 7.24. The van der Waals surface area contributed by atoms with Gasteiger partial charge in [0.15, 0.2) is 0 Å². The van der Waals surface area contributed by atoms with Gasteiger partial charge >= 0.3 is 6.16 Å². The second-order valence-electron chi connectivity index (χ2n) is 7.08. The Morgan fingerprint density at radius 2 is 1.79 bits per heavy atom. The fraction of sp³-hybridized carbons (Fsp3) is 0.933. The number of carbonyl (C=O) groups is 1. The smallest absolute Gasteiger partial charge is 0.330 e. The third kappa shape index (κ3) is 8.19. The Morgan fingerprint density at radius 1 is 1.21 bits per heavy atom. The molecule has 0 saturated carbocycles. The summed E-state index contributed by atoms with van der Waals surface area (Å²) in [7, 11) is 0. The van der Waals surface area contributed by atoms with Gasteiger partial charge in [-0.25, -0.2) is 4.79 Å². The Balaban J connectivity index is 4.17. The Kier molecular flexibility index (Phi) is 7.57. The number of hydrogen-bond donors (Lipinski definition) is 2. The highest BCUT2D eigenvalue weighted by Crippen LogP contribution is 2.38. The predicted octanol–water partition coefficient (Wildman–Crippen LogP) is 3.87. The highest BCUT2D eigenvalue weighted by Gasteiger charge is 2.28. The van der Waals surface area contributed by atoms with Crippen molar-refractivity contribution in [3.05, 3.63) is 0 Å². The van der Waals surface area contributed by atoms with E-state index in [1.54, 1.807) is 0 Å². The van der Waals surface area contributed by atoms with Crippen molar-refractivity contribution in [1.29, 1.82) is 0 Å². The van der Waals surface area contributed by atoms with Gasteiger partial charge < -0.3 is 11.1 Å². The van der Waals surface area contributed by atoms with Crippen LogP contribution in [0.3, 0.4) is 0 Å². The van der Waals surface area contributed by atoms with Gasteiger partial charge in [0.1, 0.15) is 0 Å². The van der Waals surface area contributed by atoms with E-state index in [0.717, 1.165) is 32.2 Å². The lowest BCUT2D eigenvalue weighted by Crippen LogP contribution is -2.29. The van der Waals surface area contributed by atoms with E-state index >= 15 is 0 Å². The summed E-state index contributed by atoms with van der Waals surface area (Å²) in [6, 6.07) is 0. The molecule has 0 fully saturated rings. The molecule has 0 rings (SSSR count). The van der Waals surface area contributed by atoms with Crippen LogP contribution in [0.5, 0.6) is 0 Å². The Labute approximate surface area is 117 Å². The second-order valence-corrected chi connectivity index (χ2v) is 7.08. The summed E-state index contributed by atoms with van der Waals surface area (Å²) in [6.45, 7) is 12.3. The fourth-order valence-corrected chi connectivity index (χ4v) is 2.20. The number of halogens is 1. The number of rotatable bonds is 9. The number of nitrogens with one attached hydrogen (secondary N) is 1. The molecule has 114 valence electrons. The lowest BCUT2D eigenvalue weighted by molar-refractivity contribution is 0.158. The molecule has 0 aromatic rings. The van der Waals surface area contributed by atoms with Crippen molar-refractivity contribution in [2.75, 3.05) is 13.1 Å². The van der Waals surface area contributed by atoms with Gasteiger partial charge in [0.25, 0.3) is 0 Å². The van der Waals surface area contributed by atoms with Crippen LogP contribution in [0.25, 0.3) is 0 Å². The van der Waals surface area contributed by atoms with E-state index in [4.69, 9.17) is 5.73 Å². The molecule has 0 aromatic heterocycles. The van der Waals surface area contributed by atoms with Crippen LogP contribution < -0.4 is 11.1 Å². The summed E-state index contributed by atoms with van der Waals surface area (Å²) >= 11 is 0. The largest absolute Gasteiger partial charge is 0.397 e. The van der Waals surface area contributed by atoms with Crippen LogP contribution >= 0.6 is 0 Å². The Morgan fingerprint density at radius 3 is 2.26 bits per heavy atom. The average Bonchev–Trinajstić information content (AvgIpc) is 2.26. The first kappa shape index (κ1) is 18.4. The average molecular weight is 274 g/mol. The molecule has 0 heterocycles. The highest BCUT2D eigenvalue weighted by molar-refractivity contribution is 5.65. The zero-order valence-corrected chi connectivity index (χ0v) is 13.2. The molecule has 3 nitrogen and oxygen atoms in total. The zero-order chi connectivity index (χ0) is 15.1. The summed E-state index contributed by atoms with van der Waals surface area (Å²) in [6.07, 6.45) is 2.66. The van der Waals surface area contributed by atoms with Crippen LogP contribution in [0, 0.1) is 16.7 Å². The van der Waals surface area contributed by atoms with Crippen molar-refractivity contribution in [2.45, 2.75) is 60.3 Å². The lowest BCUT2D eigenvalue weighted by atomic mass is 9.71. The summed E-state index contributed by atoms with van der Waals surface area (Å²) in [4.78, 5) is 10.2. The molecule has 0 saturated heterocycles. The molecule has 3 N–H and O–H groups in total. The zero-order valence-electron chi connectivity index (χ0n) is 13.2. The van der Waals surface area contributed by atoms with Gasteiger partial charge in [-0.15, -0.1) is 4.39 Å². The molecule has 0 bridgehead atoms. The molecule has 0 radical (unpaired) electrons. The SMILES string of the molecule is CC(CCNC(=O)F)C(C)(C)CCC(C)(C)CCN. The molecule has 1 unspecified atom stereocenters. The van der Waals surface area contributed by atoms with E-state index in [2.05, 4.69) is 39.9 Å². The number of amides is 1. The minimum absolute atomic E-state index is 0.187. The van der Waals surface area contributed by atoms with Gasteiger partial charge in [-0.1, -0.05) is 34.6 Å². The number of nitrogens with two attached hydrogens (primary N) is 1. The van der Waals surface area contributed by atoms with E-state index in [0.29, 0.717) is 12.5 Å². The maximum absolute atomic E-state index is 12.1. The van der Waals surface area contributed by atoms with Crippen molar-refractivity contribution >= 4 is 6.16 Å². The molecule has 1 atom stereocenters. The summed E-state index contributed by atoms with van der Waals surface area (Å²) in [5.74, 6) is 0.438. The molecule has 4 heteroatoms. The van der Waals surface area contributed by atoms with E-state index in [1.165, 1.54) is 0 Å². The van der Waals surface area contributed by atoms with E-state index in [9.17, 15) is 9.18 Å². The lowest BCUT2D eigenvalue weighted by Gasteiger charge is -2.35. The second kappa shape index (κ2) is 7.83. The molecule has 0 aromatic carbocycles. The maximum atomic E-state index is 12.1. The standard InChI is InChI=1S/C15H31FN2O/c1-12(6-11-18-13(16)19)15(4,5)8-7-14(2,3)9-10-17/h12H,6-11,17H2,1-5H3,(H,18,19). The third-order valence-electron chi connectivity index (χ3n) is 4.44.